The van der Waals surface area contributed by atoms with Crippen molar-refractivity contribution >= 4 is 5.97 Å². The summed E-state index contributed by atoms with van der Waals surface area (Å²) in [4.78, 5) is 11.4. The maximum absolute atomic E-state index is 11.4. The van der Waals surface area contributed by atoms with E-state index < -0.39 is 25.0 Å². The number of rotatable bonds is 5. The largest absolute Gasteiger partial charge is 0.481 e. The van der Waals surface area contributed by atoms with Gasteiger partial charge in [-0.05, 0) is 11.1 Å². The molecular formula is C16H16O3. The number of methoxy groups -OCH3 is 1. The Labute approximate surface area is 116 Å². The molecule has 0 heterocycles. The molecule has 1 N–H and O–H groups in total. The third-order valence-electron chi connectivity index (χ3n) is 3.05. The van der Waals surface area contributed by atoms with Crippen LogP contribution in [0.2, 0.25) is 0 Å². The average molecular weight is 259 g/mol. The van der Waals surface area contributed by atoms with Gasteiger partial charge in [0.15, 0.2) is 0 Å². The van der Waals surface area contributed by atoms with Gasteiger partial charge in [-0.25, -0.2) is 0 Å². The first-order valence-electron chi connectivity index (χ1n) is 7.36. The molecule has 0 amide bonds. The first kappa shape index (κ1) is 9.75. The summed E-state index contributed by atoms with van der Waals surface area (Å²) in [6, 6.07) is 17.1. The Morgan fingerprint density at radius 2 is 1.58 bits per heavy atom. The van der Waals surface area contributed by atoms with Crippen molar-refractivity contribution in [3.63, 3.8) is 0 Å². The maximum atomic E-state index is 11.4. The summed E-state index contributed by atoms with van der Waals surface area (Å²) in [5.41, 5.74) is -0.598. The molecule has 0 aromatic heterocycles. The second kappa shape index (κ2) is 5.67. The van der Waals surface area contributed by atoms with Gasteiger partial charge in [0, 0.05) is 7.04 Å². The van der Waals surface area contributed by atoms with E-state index >= 15 is 0 Å². The van der Waals surface area contributed by atoms with Crippen molar-refractivity contribution in [1.82, 2.24) is 0 Å². The van der Waals surface area contributed by atoms with E-state index in [1.165, 1.54) is 0 Å². The Balaban J connectivity index is 2.66. The van der Waals surface area contributed by atoms with E-state index in [2.05, 4.69) is 0 Å². The number of carbonyl (C=O) groups is 1. The van der Waals surface area contributed by atoms with Crippen LogP contribution in [0.25, 0.3) is 0 Å². The highest BCUT2D eigenvalue weighted by Crippen LogP contribution is 2.36. The van der Waals surface area contributed by atoms with Crippen LogP contribution in [-0.2, 0) is 15.1 Å². The molecular weight excluding hydrogens is 240 g/mol. The second-order valence-electron chi connectivity index (χ2n) is 4.23. The van der Waals surface area contributed by atoms with Crippen LogP contribution in [-0.4, -0.2) is 18.1 Å². The molecule has 0 unspecified atom stereocenters. The van der Waals surface area contributed by atoms with Crippen molar-refractivity contribution in [2.45, 2.75) is 12.0 Å². The number of hydrogen-bond donors (Lipinski definition) is 1. The number of aliphatic carboxylic acids is 1. The zero-order valence-corrected chi connectivity index (χ0v) is 10.2. The summed E-state index contributed by atoms with van der Waals surface area (Å²) < 4.78 is 27.7. The molecule has 2 rings (SSSR count). The van der Waals surface area contributed by atoms with Crippen LogP contribution in [0.3, 0.4) is 0 Å². The fraction of sp³-hybridized carbons (Fsp3) is 0.188. The molecule has 0 aliphatic carbocycles. The Bertz CT molecular complexity index is 585. The minimum absolute atomic E-state index is 0.486. The number of ether oxygens (including phenoxy) is 1. The molecule has 2 aromatic carbocycles. The van der Waals surface area contributed by atoms with E-state index in [1.807, 2.05) is 0 Å². The first-order valence-corrected chi connectivity index (χ1v) is 5.86. The molecule has 0 saturated carbocycles. The van der Waals surface area contributed by atoms with Crippen LogP contribution in [0.15, 0.2) is 60.7 Å². The Morgan fingerprint density at radius 1 is 1.11 bits per heavy atom. The predicted octanol–water partition coefficient (Wildman–Crippen LogP) is 3.05. The summed E-state index contributed by atoms with van der Waals surface area (Å²) in [7, 11) is -2.73. The lowest BCUT2D eigenvalue weighted by Gasteiger charge is -2.32. The molecule has 3 heteroatoms. The number of carboxylic acid groups (broad SMARTS) is 1. The van der Waals surface area contributed by atoms with Gasteiger partial charge in [-0.2, -0.15) is 0 Å². The van der Waals surface area contributed by atoms with E-state index in [4.69, 9.17) is 8.85 Å². The molecule has 0 atom stereocenters. The van der Waals surface area contributed by atoms with Crippen LogP contribution >= 0.6 is 0 Å². The standard InChI is InChI=1S/C16H16O3/c1-19-16(12-15(17)18,13-8-4-2-5-9-13)14-10-6-3-7-11-14/h2-11H,12H2,1H3,(H,17,18)/i1D3. The normalized spacial score (nSPS) is 14.2. The highest BCUT2D eigenvalue weighted by Gasteiger charge is 2.36. The topological polar surface area (TPSA) is 46.5 Å². The van der Waals surface area contributed by atoms with Gasteiger partial charge in [0.2, 0.25) is 0 Å². The summed E-state index contributed by atoms with van der Waals surface area (Å²) in [5.74, 6) is -1.14. The number of benzene rings is 2. The highest BCUT2D eigenvalue weighted by atomic mass is 16.5. The van der Waals surface area contributed by atoms with E-state index in [-0.39, 0.29) is 0 Å². The molecule has 0 spiro atoms. The maximum Gasteiger partial charge on any atom is 0.307 e. The van der Waals surface area contributed by atoms with Gasteiger partial charge in [-0.1, -0.05) is 60.7 Å². The Morgan fingerprint density at radius 3 is 1.95 bits per heavy atom. The van der Waals surface area contributed by atoms with Crippen molar-refractivity contribution in [2.75, 3.05) is 7.04 Å². The lowest BCUT2D eigenvalue weighted by Crippen LogP contribution is -2.32. The lowest BCUT2D eigenvalue weighted by molar-refractivity contribution is -0.142. The second-order valence-corrected chi connectivity index (χ2v) is 4.23. The SMILES string of the molecule is [2H]C([2H])([2H])OC(CC(=O)O)(c1ccccc1)c1ccccc1. The fourth-order valence-electron chi connectivity index (χ4n) is 2.15. The minimum Gasteiger partial charge on any atom is -0.481 e. The molecule has 0 bridgehead atoms. The molecule has 2 aromatic rings. The monoisotopic (exact) mass is 259 g/mol. The zero-order chi connectivity index (χ0) is 16.2. The van der Waals surface area contributed by atoms with Gasteiger partial charge in [-0.15, -0.1) is 0 Å². The average Bonchev–Trinajstić information content (AvgIpc) is 2.46. The molecule has 0 radical (unpaired) electrons. The van der Waals surface area contributed by atoms with Gasteiger partial charge in [0.1, 0.15) is 5.60 Å². The van der Waals surface area contributed by atoms with E-state index in [0.29, 0.717) is 11.1 Å². The van der Waals surface area contributed by atoms with Gasteiger partial charge < -0.3 is 9.84 Å². The van der Waals surface area contributed by atoms with Crippen molar-refractivity contribution in [3.8, 4) is 0 Å². The van der Waals surface area contributed by atoms with Gasteiger partial charge in [0.05, 0.1) is 10.5 Å². The smallest absolute Gasteiger partial charge is 0.307 e. The Kier molecular flexibility index (Phi) is 2.91. The lowest BCUT2D eigenvalue weighted by atomic mass is 9.83. The summed E-state index contributed by atoms with van der Waals surface area (Å²) in [5, 5.41) is 9.30. The number of hydrogen-bond acceptors (Lipinski definition) is 2. The van der Waals surface area contributed by atoms with Crippen molar-refractivity contribution in [1.29, 1.82) is 0 Å². The summed E-state index contributed by atoms with van der Waals surface area (Å²) in [6.07, 6.45) is -0.487. The molecule has 19 heavy (non-hydrogen) atoms. The molecule has 98 valence electrons. The summed E-state index contributed by atoms with van der Waals surface area (Å²) in [6.45, 7) is 0. The van der Waals surface area contributed by atoms with Crippen LogP contribution in [0.1, 0.15) is 21.7 Å². The minimum atomic E-state index is -2.73. The van der Waals surface area contributed by atoms with Gasteiger partial charge in [-0.3, -0.25) is 4.79 Å². The van der Waals surface area contributed by atoms with Crippen LogP contribution in [0.4, 0.5) is 0 Å². The van der Waals surface area contributed by atoms with Gasteiger partial charge in [0.25, 0.3) is 0 Å². The molecule has 0 fully saturated rings. The van der Waals surface area contributed by atoms with Crippen LogP contribution in [0.5, 0.6) is 0 Å². The van der Waals surface area contributed by atoms with Crippen molar-refractivity contribution in [2.24, 2.45) is 0 Å². The number of carboxylic acids is 1. The van der Waals surface area contributed by atoms with Crippen LogP contribution in [0, 0.1) is 0 Å². The predicted molar refractivity (Wildman–Crippen MR) is 72.9 cm³/mol. The first-order chi connectivity index (χ1) is 10.3. The van der Waals surface area contributed by atoms with Crippen molar-refractivity contribution in [3.05, 3.63) is 71.8 Å². The summed E-state index contributed by atoms with van der Waals surface area (Å²) >= 11 is 0. The Hall–Kier alpha value is -2.13. The molecule has 3 nitrogen and oxygen atoms in total. The molecule has 0 saturated heterocycles. The van der Waals surface area contributed by atoms with Crippen molar-refractivity contribution < 1.29 is 18.8 Å². The fourth-order valence-corrected chi connectivity index (χ4v) is 2.15. The molecule has 0 aliphatic rings. The third-order valence-corrected chi connectivity index (χ3v) is 3.05. The van der Waals surface area contributed by atoms with E-state index in [0.717, 1.165) is 0 Å². The van der Waals surface area contributed by atoms with E-state index in [9.17, 15) is 9.90 Å². The van der Waals surface area contributed by atoms with Crippen LogP contribution < -0.4 is 0 Å². The third kappa shape index (κ3) is 2.66. The van der Waals surface area contributed by atoms with E-state index in [1.54, 1.807) is 60.7 Å². The zero-order valence-electron chi connectivity index (χ0n) is 13.2. The quantitative estimate of drug-likeness (QED) is 0.897. The highest BCUT2D eigenvalue weighted by molar-refractivity contribution is 5.70. The molecule has 0 aliphatic heterocycles. The van der Waals surface area contributed by atoms with Gasteiger partial charge >= 0.3 is 5.97 Å².